The van der Waals surface area contributed by atoms with E-state index >= 15 is 0 Å². The monoisotopic (exact) mass is 292 g/mol. The molecule has 122 valence electrons. The van der Waals surface area contributed by atoms with Gasteiger partial charge in [-0.15, -0.1) is 0 Å². The average molecular weight is 293 g/mol. The van der Waals surface area contributed by atoms with E-state index < -0.39 is 0 Å². The molecule has 0 spiro atoms. The van der Waals surface area contributed by atoms with Crippen molar-refractivity contribution in [3.05, 3.63) is 23.8 Å². The van der Waals surface area contributed by atoms with E-state index in [4.69, 9.17) is 0 Å². The molecule has 0 bridgehead atoms. The van der Waals surface area contributed by atoms with Crippen LogP contribution in [-0.2, 0) is 4.79 Å². The number of carbonyl (C=O) groups excluding carboxylic acids is 1. The van der Waals surface area contributed by atoms with E-state index in [1.807, 2.05) is 0 Å². The minimum Gasteiger partial charge on any atom is -0.300 e. The zero-order chi connectivity index (χ0) is 15.8. The number of allylic oxidation sites excluding steroid dienone is 4. The van der Waals surface area contributed by atoms with Crippen LogP contribution >= 0.6 is 0 Å². The van der Waals surface area contributed by atoms with Crippen LogP contribution in [0.25, 0.3) is 0 Å². The predicted molar refractivity (Wildman–Crippen MR) is 94.7 cm³/mol. The van der Waals surface area contributed by atoms with Crippen molar-refractivity contribution < 1.29 is 4.79 Å². The maximum absolute atomic E-state index is 10.8. The SMILES string of the molecule is CCCCC/C=C\C/C=C(/C)CCCCCCCC(C)=O. The van der Waals surface area contributed by atoms with Crippen LogP contribution in [-0.4, -0.2) is 5.78 Å². The number of carbonyl (C=O) groups is 1. The molecule has 0 aliphatic heterocycles. The van der Waals surface area contributed by atoms with Crippen molar-refractivity contribution in [3.63, 3.8) is 0 Å². The van der Waals surface area contributed by atoms with Crippen LogP contribution in [0.15, 0.2) is 23.8 Å². The van der Waals surface area contributed by atoms with Gasteiger partial charge in [0.25, 0.3) is 0 Å². The second-order valence-corrected chi connectivity index (χ2v) is 6.22. The lowest BCUT2D eigenvalue weighted by atomic mass is 10.0. The molecule has 0 aliphatic rings. The number of hydrogen-bond acceptors (Lipinski definition) is 1. The zero-order valence-electron chi connectivity index (χ0n) is 14.6. The summed E-state index contributed by atoms with van der Waals surface area (Å²) < 4.78 is 0. The molecule has 0 fully saturated rings. The first-order valence-corrected chi connectivity index (χ1v) is 8.97. The Hall–Kier alpha value is -0.850. The fraction of sp³-hybridized carbons (Fsp3) is 0.750. The summed E-state index contributed by atoms with van der Waals surface area (Å²) in [6.07, 6.45) is 21.5. The average Bonchev–Trinajstić information content (AvgIpc) is 2.45. The predicted octanol–water partition coefficient (Wildman–Crippen LogP) is 6.78. The van der Waals surface area contributed by atoms with Crippen LogP contribution < -0.4 is 0 Å². The van der Waals surface area contributed by atoms with Crippen molar-refractivity contribution in [2.75, 3.05) is 0 Å². The van der Waals surface area contributed by atoms with Crippen LogP contribution in [0, 0.1) is 0 Å². The molecule has 1 heteroatoms. The van der Waals surface area contributed by atoms with Crippen LogP contribution in [0.3, 0.4) is 0 Å². The molecule has 0 unspecified atom stereocenters. The summed E-state index contributed by atoms with van der Waals surface area (Å²) in [6.45, 7) is 6.19. The highest BCUT2D eigenvalue weighted by Gasteiger charge is 1.95. The van der Waals surface area contributed by atoms with E-state index in [-0.39, 0.29) is 0 Å². The van der Waals surface area contributed by atoms with E-state index in [0.29, 0.717) is 5.78 Å². The number of rotatable bonds is 14. The number of hydrogen-bond donors (Lipinski definition) is 0. The van der Waals surface area contributed by atoms with Gasteiger partial charge in [0.1, 0.15) is 5.78 Å². The van der Waals surface area contributed by atoms with Crippen LogP contribution in [0.4, 0.5) is 0 Å². The molecule has 0 aliphatic carbocycles. The molecule has 21 heavy (non-hydrogen) atoms. The standard InChI is InChI=1S/C20H36O/c1-4-5-6-7-8-10-13-16-19(2)17-14-11-9-12-15-18-20(3)21/h8,10,16H,4-7,9,11-15,17-18H2,1-3H3/b10-8-,19-16-. The Morgan fingerprint density at radius 3 is 2.14 bits per heavy atom. The maximum atomic E-state index is 10.8. The Bertz CT molecular complexity index is 299. The van der Waals surface area contributed by atoms with E-state index in [1.54, 1.807) is 6.92 Å². The quantitative estimate of drug-likeness (QED) is 0.255. The van der Waals surface area contributed by atoms with Crippen molar-refractivity contribution >= 4 is 5.78 Å². The van der Waals surface area contributed by atoms with Gasteiger partial charge < -0.3 is 4.79 Å². The first-order chi connectivity index (χ1) is 10.2. The highest BCUT2D eigenvalue weighted by molar-refractivity contribution is 5.75. The number of Topliss-reactive ketones (excluding diaryl/α,β-unsaturated/α-hetero) is 1. The third-order valence-corrected chi connectivity index (χ3v) is 3.84. The van der Waals surface area contributed by atoms with Gasteiger partial charge in [0.05, 0.1) is 0 Å². The van der Waals surface area contributed by atoms with E-state index in [2.05, 4.69) is 32.1 Å². The molecule has 0 aromatic carbocycles. The second-order valence-electron chi connectivity index (χ2n) is 6.22. The molecular formula is C20H36O. The van der Waals surface area contributed by atoms with Gasteiger partial charge in [-0.3, -0.25) is 0 Å². The largest absolute Gasteiger partial charge is 0.300 e. The Morgan fingerprint density at radius 2 is 1.48 bits per heavy atom. The first kappa shape index (κ1) is 20.1. The van der Waals surface area contributed by atoms with Crippen LogP contribution in [0.2, 0.25) is 0 Å². The van der Waals surface area contributed by atoms with Crippen LogP contribution in [0.5, 0.6) is 0 Å². The van der Waals surface area contributed by atoms with Gasteiger partial charge in [-0.1, -0.05) is 62.8 Å². The smallest absolute Gasteiger partial charge is 0.129 e. The van der Waals surface area contributed by atoms with Gasteiger partial charge in [0.2, 0.25) is 0 Å². The molecule has 0 amide bonds. The number of ketones is 1. The van der Waals surface area contributed by atoms with Gasteiger partial charge in [0.15, 0.2) is 0 Å². The molecule has 0 N–H and O–H groups in total. The summed E-state index contributed by atoms with van der Waals surface area (Å²) in [6, 6.07) is 0. The lowest BCUT2D eigenvalue weighted by Gasteiger charge is -2.02. The van der Waals surface area contributed by atoms with Crippen molar-refractivity contribution in [2.24, 2.45) is 0 Å². The fourth-order valence-corrected chi connectivity index (χ4v) is 2.41. The van der Waals surface area contributed by atoms with Gasteiger partial charge in [0, 0.05) is 6.42 Å². The Balaban J connectivity index is 3.41. The maximum Gasteiger partial charge on any atom is 0.129 e. The van der Waals surface area contributed by atoms with E-state index in [1.165, 1.54) is 63.4 Å². The molecule has 0 atom stereocenters. The fourth-order valence-electron chi connectivity index (χ4n) is 2.41. The van der Waals surface area contributed by atoms with Gasteiger partial charge in [-0.2, -0.15) is 0 Å². The Kier molecular flexibility index (Phi) is 14.9. The summed E-state index contributed by atoms with van der Waals surface area (Å²) in [5.41, 5.74) is 1.52. The lowest BCUT2D eigenvalue weighted by Crippen LogP contribution is -1.89. The van der Waals surface area contributed by atoms with E-state index in [0.717, 1.165) is 19.3 Å². The van der Waals surface area contributed by atoms with E-state index in [9.17, 15) is 4.79 Å². The molecule has 0 heterocycles. The Morgan fingerprint density at radius 1 is 0.810 bits per heavy atom. The minimum absolute atomic E-state index is 0.330. The Labute approximate surface area is 132 Å². The molecule has 0 saturated carbocycles. The lowest BCUT2D eigenvalue weighted by molar-refractivity contribution is -0.117. The first-order valence-electron chi connectivity index (χ1n) is 8.97. The van der Waals surface area contributed by atoms with Gasteiger partial charge in [-0.05, 0) is 52.4 Å². The molecule has 0 aromatic heterocycles. The summed E-state index contributed by atoms with van der Waals surface area (Å²) >= 11 is 0. The molecule has 0 rings (SSSR count). The minimum atomic E-state index is 0.330. The third kappa shape index (κ3) is 17.1. The van der Waals surface area contributed by atoms with Crippen molar-refractivity contribution in [1.29, 1.82) is 0 Å². The third-order valence-electron chi connectivity index (χ3n) is 3.84. The topological polar surface area (TPSA) is 17.1 Å². The van der Waals surface area contributed by atoms with Crippen LogP contribution in [0.1, 0.15) is 97.8 Å². The molecule has 1 nitrogen and oxygen atoms in total. The molecule has 0 aromatic rings. The molecule has 0 saturated heterocycles. The van der Waals surface area contributed by atoms with Crippen molar-refractivity contribution in [2.45, 2.75) is 97.8 Å². The molecule has 0 radical (unpaired) electrons. The highest BCUT2D eigenvalue weighted by atomic mass is 16.1. The summed E-state index contributed by atoms with van der Waals surface area (Å²) in [5, 5.41) is 0. The molecular weight excluding hydrogens is 256 g/mol. The summed E-state index contributed by atoms with van der Waals surface area (Å²) in [4.78, 5) is 10.8. The highest BCUT2D eigenvalue weighted by Crippen LogP contribution is 2.12. The van der Waals surface area contributed by atoms with Gasteiger partial charge in [-0.25, -0.2) is 0 Å². The normalized spacial score (nSPS) is 12.2. The number of unbranched alkanes of at least 4 members (excludes halogenated alkanes) is 7. The zero-order valence-corrected chi connectivity index (χ0v) is 14.6. The van der Waals surface area contributed by atoms with Crippen molar-refractivity contribution in [1.82, 2.24) is 0 Å². The summed E-state index contributed by atoms with van der Waals surface area (Å²) in [7, 11) is 0. The summed E-state index contributed by atoms with van der Waals surface area (Å²) in [5.74, 6) is 0.330. The van der Waals surface area contributed by atoms with Crippen molar-refractivity contribution in [3.8, 4) is 0 Å². The second kappa shape index (κ2) is 15.5. The van der Waals surface area contributed by atoms with Gasteiger partial charge >= 0.3 is 0 Å².